The van der Waals surface area contributed by atoms with Gasteiger partial charge in [-0.25, -0.2) is 0 Å². The van der Waals surface area contributed by atoms with E-state index in [-0.39, 0.29) is 23.8 Å². The highest BCUT2D eigenvalue weighted by molar-refractivity contribution is 7.86. The van der Waals surface area contributed by atoms with Crippen LogP contribution in [0.5, 0.6) is 0 Å². The molecule has 4 rings (SSSR count). The number of benzene rings is 2. The summed E-state index contributed by atoms with van der Waals surface area (Å²) in [6.07, 6.45) is -0.708. The lowest BCUT2D eigenvalue weighted by molar-refractivity contribution is -0.133. The fraction of sp³-hybridized carbons (Fsp3) is 0.348. The third-order valence-electron chi connectivity index (χ3n) is 5.74. The van der Waals surface area contributed by atoms with Gasteiger partial charge in [-0.15, -0.1) is 0 Å². The third kappa shape index (κ3) is 3.98. The second-order valence-electron chi connectivity index (χ2n) is 8.34. The lowest BCUT2D eigenvalue weighted by atomic mass is 9.88. The van der Waals surface area contributed by atoms with Gasteiger partial charge in [0.2, 0.25) is 5.91 Å². The Hall–Kier alpha value is -2.68. The van der Waals surface area contributed by atoms with E-state index >= 15 is 0 Å². The van der Waals surface area contributed by atoms with Gasteiger partial charge in [0.25, 0.3) is 10.1 Å². The van der Waals surface area contributed by atoms with Crippen molar-refractivity contribution in [2.75, 3.05) is 26.0 Å². The molecule has 8 heteroatoms. The molecule has 2 atom stereocenters. The van der Waals surface area contributed by atoms with Crippen molar-refractivity contribution in [2.24, 2.45) is 0 Å². The van der Waals surface area contributed by atoms with Crippen LogP contribution < -0.4 is 5.32 Å². The molecule has 164 valence electrons. The second-order valence-corrected chi connectivity index (χ2v) is 9.91. The summed E-state index contributed by atoms with van der Waals surface area (Å²) in [5, 5.41) is 3.37. The van der Waals surface area contributed by atoms with Gasteiger partial charge in [0, 0.05) is 30.9 Å². The summed E-state index contributed by atoms with van der Waals surface area (Å²) in [4.78, 5) is 14.0. The van der Waals surface area contributed by atoms with E-state index in [1.807, 2.05) is 38.1 Å². The van der Waals surface area contributed by atoms with Crippen LogP contribution in [0.4, 0.5) is 5.69 Å². The highest BCUT2D eigenvalue weighted by atomic mass is 32.2. The van der Waals surface area contributed by atoms with Crippen LogP contribution in [0.25, 0.3) is 0 Å². The summed E-state index contributed by atoms with van der Waals surface area (Å²) in [6, 6.07) is 13.9. The van der Waals surface area contributed by atoms with Crippen molar-refractivity contribution in [3.05, 3.63) is 70.9 Å². The molecule has 0 aliphatic carbocycles. The van der Waals surface area contributed by atoms with Crippen molar-refractivity contribution < 1.29 is 22.1 Å². The Bertz CT molecular complexity index is 1150. The Morgan fingerprint density at radius 2 is 1.87 bits per heavy atom. The summed E-state index contributed by atoms with van der Waals surface area (Å²) in [7, 11) is -0.636. The SMILES string of the molecule is Cc1ccc(S(=O)(=O)OC2C3=C(Nc4ccccc42)C(C)(CC(=O)N(C)C)OC3)cc1. The molecule has 2 unspecified atom stereocenters. The second kappa shape index (κ2) is 7.78. The molecule has 2 aliphatic heterocycles. The molecule has 7 nitrogen and oxygen atoms in total. The summed E-state index contributed by atoms with van der Waals surface area (Å²) >= 11 is 0. The minimum absolute atomic E-state index is 0.0818. The average Bonchev–Trinajstić information content (AvgIpc) is 3.04. The molecule has 0 spiro atoms. The monoisotopic (exact) mass is 442 g/mol. The predicted molar refractivity (Wildman–Crippen MR) is 117 cm³/mol. The molecule has 0 bridgehead atoms. The molecule has 0 radical (unpaired) electrons. The van der Waals surface area contributed by atoms with Gasteiger partial charge in [0.15, 0.2) is 0 Å². The Kier molecular flexibility index (Phi) is 5.41. The number of carbonyl (C=O) groups is 1. The number of nitrogens with one attached hydrogen (secondary N) is 1. The molecule has 31 heavy (non-hydrogen) atoms. The first-order valence-corrected chi connectivity index (χ1v) is 11.4. The van der Waals surface area contributed by atoms with Crippen molar-refractivity contribution in [1.29, 1.82) is 0 Å². The van der Waals surface area contributed by atoms with Crippen molar-refractivity contribution >= 4 is 21.7 Å². The van der Waals surface area contributed by atoms with Crippen LogP contribution in [-0.4, -0.2) is 45.5 Å². The van der Waals surface area contributed by atoms with Gasteiger partial charge in [0.05, 0.1) is 23.6 Å². The fourth-order valence-corrected chi connectivity index (χ4v) is 4.94. The lowest BCUT2D eigenvalue weighted by Crippen LogP contribution is -2.38. The van der Waals surface area contributed by atoms with Crippen LogP contribution in [0.3, 0.4) is 0 Å². The zero-order valence-electron chi connectivity index (χ0n) is 18.0. The number of aryl methyl sites for hydroxylation is 1. The Labute approximate surface area is 182 Å². The van der Waals surface area contributed by atoms with Crippen LogP contribution >= 0.6 is 0 Å². The van der Waals surface area contributed by atoms with E-state index in [4.69, 9.17) is 8.92 Å². The number of rotatable bonds is 5. The van der Waals surface area contributed by atoms with E-state index < -0.39 is 21.8 Å². The minimum atomic E-state index is -4.02. The molecular formula is C23H26N2O5S. The van der Waals surface area contributed by atoms with Crippen molar-refractivity contribution in [1.82, 2.24) is 4.90 Å². The predicted octanol–water partition coefficient (Wildman–Crippen LogP) is 3.39. The maximum atomic E-state index is 13.1. The Morgan fingerprint density at radius 3 is 2.55 bits per heavy atom. The van der Waals surface area contributed by atoms with Crippen molar-refractivity contribution in [2.45, 2.75) is 36.9 Å². The molecule has 0 saturated heterocycles. The van der Waals surface area contributed by atoms with Crippen LogP contribution in [0.1, 0.15) is 30.6 Å². The Morgan fingerprint density at radius 1 is 1.19 bits per heavy atom. The first kappa shape index (κ1) is 21.5. The maximum Gasteiger partial charge on any atom is 0.297 e. The highest BCUT2D eigenvalue weighted by Crippen LogP contribution is 2.48. The molecule has 0 fully saturated rings. The van der Waals surface area contributed by atoms with E-state index in [0.717, 1.165) is 11.3 Å². The molecular weight excluding hydrogens is 416 g/mol. The molecule has 0 aromatic heterocycles. The number of fused-ring (bicyclic) bond motifs is 1. The first-order valence-electron chi connectivity index (χ1n) is 10.0. The molecule has 0 saturated carbocycles. The molecule has 2 aromatic carbocycles. The van der Waals surface area contributed by atoms with Crippen LogP contribution in [0, 0.1) is 6.92 Å². The number of ether oxygens (including phenoxy) is 1. The highest BCUT2D eigenvalue weighted by Gasteiger charge is 2.46. The number of carbonyl (C=O) groups excluding carboxylic acids is 1. The van der Waals surface area contributed by atoms with E-state index in [1.165, 1.54) is 17.0 Å². The standard InChI is InChI=1S/C23H26N2O5S/c1-15-9-11-16(12-10-15)31(27,28)30-21-17-7-5-6-8-19(17)24-22-18(21)14-29-23(22,2)13-20(26)25(3)4/h5-12,21,24H,13-14H2,1-4H3. The van der Waals surface area contributed by atoms with Gasteiger partial charge in [-0.3, -0.25) is 8.98 Å². The number of hydrogen-bond donors (Lipinski definition) is 1. The molecule has 2 heterocycles. The number of amides is 1. The van der Waals surface area contributed by atoms with E-state index in [2.05, 4.69) is 5.32 Å². The van der Waals surface area contributed by atoms with Gasteiger partial charge < -0.3 is 15.0 Å². The third-order valence-corrected chi connectivity index (χ3v) is 7.03. The van der Waals surface area contributed by atoms with Gasteiger partial charge >= 0.3 is 0 Å². The fourth-order valence-electron chi connectivity index (χ4n) is 3.89. The summed E-state index contributed by atoms with van der Waals surface area (Å²) < 4.78 is 38.0. The lowest BCUT2D eigenvalue weighted by Gasteiger charge is -2.33. The number of nitrogens with zero attached hydrogens (tertiary/aromatic N) is 1. The van der Waals surface area contributed by atoms with Gasteiger partial charge in [0.1, 0.15) is 11.7 Å². The summed E-state index contributed by atoms with van der Waals surface area (Å²) in [6.45, 7) is 3.90. The van der Waals surface area contributed by atoms with Gasteiger partial charge in [-0.1, -0.05) is 35.9 Å². The molecule has 2 aliphatic rings. The summed E-state index contributed by atoms with van der Waals surface area (Å²) in [5.74, 6) is -0.0818. The number of anilines is 1. The topological polar surface area (TPSA) is 84.9 Å². The molecule has 1 N–H and O–H groups in total. The smallest absolute Gasteiger partial charge is 0.297 e. The van der Waals surface area contributed by atoms with Gasteiger partial charge in [-0.2, -0.15) is 8.42 Å². The van der Waals surface area contributed by atoms with Crippen LogP contribution in [0.15, 0.2) is 64.7 Å². The van der Waals surface area contributed by atoms with E-state index in [0.29, 0.717) is 16.8 Å². The maximum absolute atomic E-state index is 13.1. The van der Waals surface area contributed by atoms with E-state index in [9.17, 15) is 13.2 Å². The first-order chi connectivity index (χ1) is 14.6. The van der Waals surface area contributed by atoms with Crippen LogP contribution in [-0.2, 0) is 23.8 Å². The summed E-state index contributed by atoms with van der Waals surface area (Å²) in [5.41, 5.74) is 2.87. The van der Waals surface area contributed by atoms with E-state index in [1.54, 1.807) is 26.2 Å². The Balaban J connectivity index is 1.74. The van der Waals surface area contributed by atoms with Crippen molar-refractivity contribution in [3.8, 4) is 0 Å². The van der Waals surface area contributed by atoms with Gasteiger partial charge in [-0.05, 0) is 32.0 Å². The quantitative estimate of drug-likeness (QED) is 0.715. The number of hydrogen-bond acceptors (Lipinski definition) is 6. The molecule has 1 amide bonds. The average molecular weight is 443 g/mol. The minimum Gasteiger partial charge on any atom is -0.364 e. The number of para-hydroxylation sites is 1. The zero-order chi connectivity index (χ0) is 22.4. The van der Waals surface area contributed by atoms with Crippen molar-refractivity contribution in [3.63, 3.8) is 0 Å². The molecule has 2 aromatic rings. The van der Waals surface area contributed by atoms with Crippen LogP contribution in [0.2, 0.25) is 0 Å². The largest absolute Gasteiger partial charge is 0.364 e. The normalized spacial score (nSPS) is 22.5. The zero-order valence-corrected chi connectivity index (χ0v) is 18.8.